The van der Waals surface area contributed by atoms with Crippen molar-refractivity contribution >= 4 is 72.0 Å². The molecule has 0 saturated heterocycles. The fraction of sp³-hybridized carbons (Fsp3) is 0.0727. The second kappa shape index (κ2) is 16.2. The Bertz CT molecular complexity index is 3250. The van der Waals surface area contributed by atoms with E-state index in [0.29, 0.717) is 0 Å². The van der Waals surface area contributed by atoms with E-state index in [2.05, 4.69) is 199 Å². The van der Waals surface area contributed by atoms with Gasteiger partial charge in [-0.05, 0) is 137 Å². The topological polar surface area (TPSA) is 22.8 Å². The molecular weight excluding hydrogens is 735 g/mol. The van der Waals surface area contributed by atoms with Crippen LogP contribution < -0.4 is 0 Å². The highest BCUT2D eigenvalue weighted by molar-refractivity contribution is 7.99. The van der Waals surface area contributed by atoms with Crippen LogP contribution in [0.2, 0.25) is 0 Å². The van der Waals surface area contributed by atoms with Gasteiger partial charge in [-0.2, -0.15) is 0 Å². The Labute approximate surface area is 350 Å². The lowest BCUT2D eigenvalue weighted by atomic mass is 9.99. The molecule has 0 spiro atoms. The lowest BCUT2D eigenvalue weighted by molar-refractivity contribution is 1.13. The van der Waals surface area contributed by atoms with Crippen molar-refractivity contribution in [3.8, 4) is 27.9 Å². The summed E-state index contributed by atoms with van der Waals surface area (Å²) in [5.41, 5.74) is 12.6. The Morgan fingerprint density at radius 1 is 0.593 bits per heavy atom. The van der Waals surface area contributed by atoms with Crippen LogP contribution in [0.4, 0.5) is 0 Å². The molecule has 3 heterocycles. The first-order valence-electron chi connectivity index (χ1n) is 20.3. The van der Waals surface area contributed by atoms with Crippen molar-refractivity contribution in [1.29, 1.82) is 0 Å². The summed E-state index contributed by atoms with van der Waals surface area (Å²) in [7, 11) is 0. The quantitative estimate of drug-likeness (QED) is 0.143. The normalized spacial score (nSPS) is 11.9. The second-order valence-corrected chi connectivity index (χ2v) is 15.6. The van der Waals surface area contributed by atoms with Gasteiger partial charge >= 0.3 is 0 Å². The molecule has 0 radical (unpaired) electrons. The average molecular weight is 780 g/mol. The molecule has 0 saturated carbocycles. The summed E-state index contributed by atoms with van der Waals surface area (Å²) in [5, 5.41) is 7.28. The van der Waals surface area contributed by atoms with Crippen molar-refractivity contribution in [3.05, 3.63) is 200 Å². The van der Waals surface area contributed by atoms with Crippen LogP contribution in [0.5, 0.6) is 0 Å². The van der Waals surface area contributed by atoms with Crippen molar-refractivity contribution in [2.45, 2.75) is 37.5 Å². The number of fused-ring (bicyclic) bond motifs is 7. The lowest BCUT2D eigenvalue weighted by Gasteiger charge is -2.12. The van der Waals surface area contributed by atoms with Crippen LogP contribution in [0.15, 0.2) is 205 Å². The SMILES string of the molecule is C=C/C=C(\C=C/C)n1c2ccc(Sc3cc4c(cc3C)c3cccnc3n4-c3cccc(-c4ccccc4)c3)cc2c2cc(-c3ccc4ccccc4c3)ccc21.CC. The number of rotatable bonds is 8. The molecule has 0 aliphatic heterocycles. The first-order chi connectivity index (χ1) is 29.1. The van der Waals surface area contributed by atoms with E-state index in [1.807, 2.05) is 43.9 Å². The van der Waals surface area contributed by atoms with Crippen molar-refractivity contribution in [3.63, 3.8) is 0 Å². The highest BCUT2D eigenvalue weighted by Crippen LogP contribution is 2.42. The summed E-state index contributed by atoms with van der Waals surface area (Å²) < 4.78 is 4.68. The third-order valence-electron chi connectivity index (χ3n) is 11.0. The van der Waals surface area contributed by atoms with E-state index in [9.17, 15) is 0 Å². The molecule has 0 aliphatic carbocycles. The van der Waals surface area contributed by atoms with Gasteiger partial charge in [0.25, 0.3) is 0 Å². The van der Waals surface area contributed by atoms with Gasteiger partial charge in [0.2, 0.25) is 0 Å². The molecule has 0 amide bonds. The van der Waals surface area contributed by atoms with Crippen LogP contribution in [0.25, 0.3) is 88.2 Å². The van der Waals surface area contributed by atoms with Crippen LogP contribution in [-0.2, 0) is 0 Å². The van der Waals surface area contributed by atoms with E-state index in [4.69, 9.17) is 4.98 Å². The molecule has 286 valence electrons. The molecule has 0 fully saturated rings. The third kappa shape index (κ3) is 6.86. The molecule has 7 aromatic carbocycles. The van der Waals surface area contributed by atoms with E-state index < -0.39 is 0 Å². The molecule has 0 aliphatic rings. The van der Waals surface area contributed by atoms with Gasteiger partial charge in [-0.15, -0.1) is 0 Å². The van der Waals surface area contributed by atoms with Crippen LogP contribution in [0, 0.1) is 6.92 Å². The van der Waals surface area contributed by atoms with Gasteiger partial charge in [0.1, 0.15) is 5.65 Å². The molecule has 3 aromatic heterocycles. The molecule has 0 atom stereocenters. The van der Waals surface area contributed by atoms with Crippen molar-refractivity contribution in [2.24, 2.45) is 0 Å². The van der Waals surface area contributed by atoms with E-state index in [0.717, 1.165) is 39.0 Å². The van der Waals surface area contributed by atoms with Crippen LogP contribution in [0.3, 0.4) is 0 Å². The fourth-order valence-corrected chi connectivity index (χ4v) is 9.28. The number of pyridine rings is 1. The zero-order valence-electron chi connectivity index (χ0n) is 33.9. The summed E-state index contributed by atoms with van der Waals surface area (Å²) >= 11 is 1.82. The number of aryl methyl sites for hydroxylation is 1. The highest BCUT2D eigenvalue weighted by Gasteiger charge is 2.18. The fourth-order valence-electron chi connectivity index (χ4n) is 8.32. The summed E-state index contributed by atoms with van der Waals surface area (Å²) in [5.74, 6) is 0. The van der Waals surface area contributed by atoms with Gasteiger partial charge < -0.3 is 4.57 Å². The number of hydrogen-bond donors (Lipinski definition) is 0. The van der Waals surface area contributed by atoms with Gasteiger partial charge in [-0.25, -0.2) is 4.98 Å². The van der Waals surface area contributed by atoms with Gasteiger partial charge in [-0.3, -0.25) is 4.57 Å². The molecule has 10 rings (SSSR count). The Kier molecular flexibility index (Phi) is 10.3. The van der Waals surface area contributed by atoms with Crippen molar-refractivity contribution in [2.75, 3.05) is 0 Å². The molecule has 0 N–H and O–H groups in total. The monoisotopic (exact) mass is 779 g/mol. The van der Waals surface area contributed by atoms with E-state index in [1.165, 1.54) is 64.5 Å². The van der Waals surface area contributed by atoms with Gasteiger partial charge in [0, 0.05) is 48.9 Å². The first kappa shape index (κ1) is 37.7. The third-order valence-corrected chi connectivity index (χ3v) is 12.1. The number of benzene rings is 7. The van der Waals surface area contributed by atoms with Gasteiger partial charge in [-0.1, -0.05) is 129 Å². The summed E-state index contributed by atoms with van der Waals surface area (Å²) in [6.45, 7) is 12.3. The molecule has 4 heteroatoms. The smallest absolute Gasteiger partial charge is 0.145 e. The summed E-state index contributed by atoms with van der Waals surface area (Å²) in [4.78, 5) is 7.33. The number of nitrogens with zero attached hydrogens (tertiary/aromatic N) is 3. The van der Waals surface area contributed by atoms with Crippen molar-refractivity contribution in [1.82, 2.24) is 14.1 Å². The minimum Gasteiger partial charge on any atom is -0.309 e. The van der Waals surface area contributed by atoms with Gasteiger partial charge in [0.15, 0.2) is 0 Å². The molecule has 3 nitrogen and oxygen atoms in total. The molecular formula is C55H45N3S. The van der Waals surface area contributed by atoms with Gasteiger partial charge in [0.05, 0.1) is 16.6 Å². The minimum atomic E-state index is 0.959. The second-order valence-electron chi connectivity index (χ2n) is 14.5. The van der Waals surface area contributed by atoms with Crippen LogP contribution in [0.1, 0.15) is 26.3 Å². The van der Waals surface area contributed by atoms with E-state index in [-0.39, 0.29) is 0 Å². The average Bonchev–Trinajstić information content (AvgIpc) is 3.78. The summed E-state index contributed by atoms with van der Waals surface area (Å²) in [6.07, 6.45) is 10.1. The van der Waals surface area contributed by atoms with Crippen LogP contribution in [-0.4, -0.2) is 14.1 Å². The Hall–Kier alpha value is -6.88. The molecule has 10 aromatic rings. The van der Waals surface area contributed by atoms with Crippen LogP contribution >= 0.6 is 11.8 Å². The number of allylic oxidation sites excluding steroid dienone is 5. The predicted molar refractivity (Wildman–Crippen MR) is 256 cm³/mol. The van der Waals surface area contributed by atoms with Crippen molar-refractivity contribution < 1.29 is 0 Å². The maximum absolute atomic E-state index is 4.93. The Morgan fingerprint density at radius 2 is 1.29 bits per heavy atom. The zero-order valence-corrected chi connectivity index (χ0v) is 34.7. The molecule has 0 bridgehead atoms. The van der Waals surface area contributed by atoms with E-state index in [1.54, 1.807) is 0 Å². The minimum absolute atomic E-state index is 0.959. The number of hydrogen-bond acceptors (Lipinski definition) is 2. The largest absolute Gasteiger partial charge is 0.309 e. The maximum atomic E-state index is 4.93. The summed E-state index contributed by atoms with van der Waals surface area (Å²) in [6, 6.07) is 57.4. The zero-order chi connectivity index (χ0) is 40.5. The molecule has 0 unspecified atom stereocenters. The Balaban J connectivity index is 0.00000221. The first-order valence-corrected chi connectivity index (χ1v) is 21.2. The Morgan fingerprint density at radius 3 is 2.10 bits per heavy atom. The molecule has 59 heavy (non-hydrogen) atoms. The predicted octanol–water partition coefficient (Wildman–Crippen LogP) is 15.9. The maximum Gasteiger partial charge on any atom is 0.145 e. The highest BCUT2D eigenvalue weighted by atomic mass is 32.2. The standard InChI is InChI=1S/C53H39N3S.C2H6/c1-4-13-42(14-5-2)55-49-26-24-41(40-23-22-37-17-9-10-18-38(37)30-40)32-47(49)48-33-44(25-27-50(48)55)57-52-34-51-46(29-35(52)3)45-21-12-28-54-53(45)56(51)43-20-11-19-39(31-43)36-15-7-6-8-16-36;1-2/h4-34H,1H2,2-3H3;1-2H3/b14-5-,42-13+;. The van der Waals surface area contributed by atoms with E-state index >= 15 is 0 Å². The lowest BCUT2D eigenvalue weighted by Crippen LogP contribution is -1.96. The number of aromatic nitrogens is 3.